The largest absolute Gasteiger partial charge is 0.387 e. The first kappa shape index (κ1) is 12.4. The molecule has 0 fully saturated rings. The first-order chi connectivity index (χ1) is 7.40. The molecule has 0 heterocycles. The highest BCUT2D eigenvalue weighted by molar-refractivity contribution is 5.82. The van der Waals surface area contributed by atoms with Gasteiger partial charge >= 0.3 is 0 Å². The van der Waals surface area contributed by atoms with Gasteiger partial charge in [0.2, 0.25) is 5.82 Å². The van der Waals surface area contributed by atoms with Gasteiger partial charge in [0.25, 0.3) is 0 Å². The van der Waals surface area contributed by atoms with E-state index in [1.165, 1.54) is 6.92 Å². The fraction of sp³-hybridized carbons (Fsp3) is 0.222. The highest BCUT2D eigenvalue weighted by Gasteiger charge is 2.25. The summed E-state index contributed by atoms with van der Waals surface area (Å²) >= 11 is 0. The van der Waals surface area contributed by atoms with Crippen molar-refractivity contribution in [3.8, 4) is 0 Å². The Morgan fingerprint density at radius 1 is 0.938 bits per heavy atom. The fourth-order valence-corrected chi connectivity index (χ4v) is 0.914. The molecule has 1 aromatic rings. The van der Waals surface area contributed by atoms with Crippen molar-refractivity contribution in [2.45, 2.75) is 13.3 Å². The zero-order valence-corrected chi connectivity index (χ0v) is 8.12. The van der Waals surface area contributed by atoms with Crippen LogP contribution in [0.2, 0.25) is 0 Å². The van der Waals surface area contributed by atoms with E-state index in [1.807, 2.05) is 0 Å². The van der Waals surface area contributed by atoms with Gasteiger partial charge in [0.15, 0.2) is 23.3 Å². The fourth-order valence-electron chi connectivity index (χ4n) is 0.914. The molecule has 0 unspecified atom stereocenters. The summed E-state index contributed by atoms with van der Waals surface area (Å²) < 4.78 is 64.0. The quantitative estimate of drug-likeness (QED) is 0.278. The average molecular weight is 238 g/mol. The van der Waals surface area contributed by atoms with Crippen molar-refractivity contribution >= 4 is 11.5 Å². The zero-order chi connectivity index (χ0) is 12.5. The van der Waals surface area contributed by atoms with Crippen LogP contribution in [0.3, 0.4) is 0 Å². The lowest BCUT2D eigenvalue weighted by molar-refractivity contribution is 0.381. The summed E-state index contributed by atoms with van der Waals surface area (Å²) in [5, 5.41) is 0. The van der Waals surface area contributed by atoms with E-state index in [-0.39, 0.29) is 12.3 Å². The van der Waals surface area contributed by atoms with Crippen LogP contribution in [0.1, 0.15) is 13.3 Å². The van der Waals surface area contributed by atoms with Gasteiger partial charge in [-0.1, -0.05) is 6.92 Å². The van der Waals surface area contributed by atoms with Crippen molar-refractivity contribution in [1.29, 1.82) is 0 Å². The lowest BCUT2D eigenvalue weighted by atomic mass is 10.2. The molecule has 0 radical (unpaired) electrons. The Labute approximate surface area is 87.6 Å². The molecule has 0 bridgehead atoms. The topological polar surface area (TPSA) is 38.4 Å². The molecule has 0 atom stereocenters. The normalized spacial score (nSPS) is 12.0. The number of rotatable bonds is 2. The highest BCUT2D eigenvalue weighted by atomic mass is 19.2. The van der Waals surface area contributed by atoms with Crippen molar-refractivity contribution < 1.29 is 22.0 Å². The van der Waals surface area contributed by atoms with Crippen LogP contribution < -0.4 is 5.73 Å². The van der Waals surface area contributed by atoms with Crippen molar-refractivity contribution in [3.05, 3.63) is 29.1 Å². The Hall–Kier alpha value is -1.66. The van der Waals surface area contributed by atoms with Crippen LogP contribution in [-0.2, 0) is 0 Å². The van der Waals surface area contributed by atoms with Crippen molar-refractivity contribution in [3.63, 3.8) is 0 Å². The van der Waals surface area contributed by atoms with Gasteiger partial charge in [0, 0.05) is 6.42 Å². The molecule has 7 heteroatoms. The highest BCUT2D eigenvalue weighted by Crippen LogP contribution is 2.29. The first-order valence-electron chi connectivity index (χ1n) is 4.24. The standard InChI is InChI=1S/C9H7F5N2/c1-2-3(15)16-9-7(13)5(11)4(10)6(12)8(9)14/h2H2,1H3,(H2,15,16). The molecule has 0 amide bonds. The number of hydrogen-bond acceptors (Lipinski definition) is 1. The van der Waals surface area contributed by atoms with Crippen LogP contribution in [0.4, 0.5) is 27.6 Å². The average Bonchev–Trinajstić information content (AvgIpc) is 2.29. The molecule has 0 saturated heterocycles. The lowest BCUT2D eigenvalue weighted by Crippen LogP contribution is -2.10. The Bertz CT molecular complexity index is 427. The predicted octanol–water partition coefficient (Wildman–Crippen LogP) is 2.78. The number of benzene rings is 1. The smallest absolute Gasteiger partial charge is 0.200 e. The van der Waals surface area contributed by atoms with Crippen LogP contribution in [-0.4, -0.2) is 5.84 Å². The summed E-state index contributed by atoms with van der Waals surface area (Å²) in [5.74, 6) is -10.5. The first-order valence-corrected chi connectivity index (χ1v) is 4.24. The van der Waals surface area contributed by atoms with Gasteiger partial charge in [-0.15, -0.1) is 0 Å². The minimum Gasteiger partial charge on any atom is -0.387 e. The van der Waals surface area contributed by atoms with E-state index in [2.05, 4.69) is 4.99 Å². The molecule has 88 valence electrons. The SMILES string of the molecule is CCC(N)=Nc1c(F)c(F)c(F)c(F)c1F. The van der Waals surface area contributed by atoms with Crippen molar-refractivity contribution in [2.24, 2.45) is 10.7 Å². The number of hydrogen-bond donors (Lipinski definition) is 1. The second-order valence-corrected chi connectivity index (χ2v) is 2.88. The molecule has 16 heavy (non-hydrogen) atoms. The number of aliphatic imine (C=N–C) groups is 1. The molecule has 0 saturated carbocycles. The second-order valence-electron chi connectivity index (χ2n) is 2.88. The van der Waals surface area contributed by atoms with Crippen LogP contribution in [0.15, 0.2) is 4.99 Å². The summed E-state index contributed by atoms with van der Waals surface area (Å²) in [6, 6.07) is 0. The third-order valence-corrected chi connectivity index (χ3v) is 1.80. The van der Waals surface area contributed by atoms with E-state index < -0.39 is 34.8 Å². The predicted molar refractivity (Wildman–Crippen MR) is 47.8 cm³/mol. The Balaban J connectivity index is 3.52. The lowest BCUT2D eigenvalue weighted by Gasteiger charge is -2.04. The van der Waals surface area contributed by atoms with Gasteiger partial charge in [-0.3, -0.25) is 0 Å². The Morgan fingerprint density at radius 2 is 1.31 bits per heavy atom. The Morgan fingerprint density at radius 3 is 1.69 bits per heavy atom. The number of amidine groups is 1. The van der Waals surface area contributed by atoms with Gasteiger partial charge in [-0.2, -0.15) is 0 Å². The van der Waals surface area contributed by atoms with Crippen LogP contribution in [0.5, 0.6) is 0 Å². The molecule has 1 aromatic carbocycles. The minimum atomic E-state index is -2.22. The Kier molecular flexibility index (Phi) is 3.46. The maximum atomic E-state index is 13.0. The molecule has 0 aromatic heterocycles. The van der Waals surface area contributed by atoms with E-state index in [9.17, 15) is 22.0 Å². The second kappa shape index (κ2) is 4.46. The van der Waals surface area contributed by atoms with E-state index >= 15 is 0 Å². The summed E-state index contributed by atoms with van der Waals surface area (Å²) in [4.78, 5) is 3.14. The van der Waals surface area contributed by atoms with E-state index in [1.54, 1.807) is 0 Å². The van der Waals surface area contributed by atoms with Crippen molar-refractivity contribution in [1.82, 2.24) is 0 Å². The summed E-state index contributed by atoms with van der Waals surface area (Å²) in [6.07, 6.45) is 0.124. The third kappa shape index (κ3) is 1.98. The molecular formula is C9H7F5N2. The summed E-state index contributed by atoms with van der Waals surface area (Å²) in [5.41, 5.74) is 3.89. The molecule has 2 nitrogen and oxygen atoms in total. The third-order valence-electron chi connectivity index (χ3n) is 1.80. The molecule has 2 N–H and O–H groups in total. The molecule has 0 aliphatic rings. The van der Waals surface area contributed by atoms with Gasteiger partial charge in [-0.05, 0) is 0 Å². The van der Waals surface area contributed by atoms with Crippen LogP contribution in [0.25, 0.3) is 0 Å². The van der Waals surface area contributed by atoms with Gasteiger partial charge in [0.1, 0.15) is 5.69 Å². The van der Waals surface area contributed by atoms with E-state index in [0.717, 1.165) is 0 Å². The van der Waals surface area contributed by atoms with E-state index in [4.69, 9.17) is 5.73 Å². The molecule has 0 aliphatic heterocycles. The molecule has 0 spiro atoms. The van der Waals surface area contributed by atoms with Gasteiger partial charge < -0.3 is 5.73 Å². The van der Waals surface area contributed by atoms with Crippen LogP contribution in [0, 0.1) is 29.1 Å². The summed E-state index contributed by atoms with van der Waals surface area (Å²) in [6.45, 7) is 1.52. The zero-order valence-electron chi connectivity index (χ0n) is 8.12. The van der Waals surface area contributed by atoms with Gasteiger partial charge in [0.05, 0.1) is 5.84 Å². The van der Waals surface area contributed by atoms with Crippen LogP contribution >= 0.6 is 0 Å². The molecule has 0 aliphatic carbocycles. The maximum Gasteiger partial charge on any atom is 0.200 e. The van der Waals surface area contributed by atoms with Gasteiger partial charge in [-0.25, -0.2) is 26.9 Å². The summed E-state index contributed by atoms with van der Waals surface area (Å²) in [7, 11) is 0. The monoisotopic (exact) mass is 238 g/mol. The molecule has 1 rings (SSSR count). The van der Waals surface area contributed by atoms with E-state index in [0.29, 0.717) is 0 Å². The number of nitrogens with zero attached hydrogens (tertiary/aromatic N) is 1. The molecular weight excluding hydrogens is 231 g/mol. The van der Waals surface area contributed by atoms with Crippen molar-refractivity contribution in [2.75, 3.05) is 0 Å². The minimum absolute atomic E-state index is 0.124. The number of nitrogens with two attached hydrogens (primary N) is 1. The number of halogens is 5. The maximum absolute atomic E-state index is 13.0.